The van der Waals surface area contributed by atoms with Crippen molar-refractivity contribution < 1.29 is 9.47 Å². The number of morpholine rings is 1. The largest absolute Gasteiger partial charge is 0.492 e. The van der Waals surface area contributed by atoms with Crippen molar-refractivity contribution in [1.29, 1.82) is 0 Å². The molecule has 2 aliphatic rings. The molecule has 0 unspecified atom stereocenters. The molecule has 8 nitrogen and oxygen atoms in total. The van der Waals surface area contributed by atoms with Crippen molar-refractivity contribution in [2.24, 2.45) is 0 Å². The molecule has 174 valence electrons. The summed E-state index contributed by atoms with van der Waals surface area (Å²) in [4.78, 5) is 16.6. The van der Waals surface area contributed by atoms with Crippen LogP contribution in [0.3, 0.4) is 0 Å². The second-order valence-electron chi connectivity index (χ2n) is 8.76. The Morgan fingerprint density at radius 3 is 2.68 bits per heavy atom. The summed E-state index contributed by atoms with van der Waals surface area (Å²) in [6.07, 6.45) is 4.11. The lowest BCUT2D eigenvalue weighted by molar-refractivity contribution is 0.0322. The highest BCUT2D eigenvalue weighted by Crippen LogP contribution is 2.40. The molecule has 0 atom stereocenters. The number of ether oxygens (including phenoxy) is 2. The number of imidazole rings is 1. The van der Waals surface area contributed by atoms with Gasteiger partial charge in [-0.3, -0.25) is 4.90 Å². The van der Waals surface area contributed by atoms with Crippen molar-refractivity contribution in [3.05, 3.63) is 60.8 Å². The van der Waals surface area contributed by atoms with E-state index >= 15 is 0 Å². The lowest BCUT2D eigenvalue weighted by atomic mass is 10.2. The van der Waals surface area contributed by atoms with E-state index in [1.807, 2.05) is 42.5 Å². The van der Waals surface area contributed by atoms with E-state index in [1.165, 1.54) is 0 Å². The van der Waals surface area contributed by atoms with Crippen LogP contribution in [0.15, 0.2) is 60.8 Å². The van der Waals surface area contributed by atoms with E-state index < -0.39 is 0 Å². The fraction of sp³-hybridized carbons (Fsp3) is 0.346. The van der Waals surface area contributed by atoms with Crippen molar-refractivity contribution in [2.45, 2.75) is 18.9 Å². The molecular formula is C26H28N6O2. The van der Waals surface area contributed by atoms with Crippen LogP contribution in [0.1, 0.15) is 18.9 Å². The molecule has 2 aromatic heterocycles. The zero-order valence-corrected chi connectivity index (χ0v) is 19.1. The Labute approximate surface area is 198 Å². The van der Waals surface area contributed by atoms with Gasteiger partial charge < -0.3 is 19.4 Å². The number of hydrogen-bond acceptors (Lipinski definition) is 7. The van der Waals surface area contributed by atoms with Gasteiger partial charge in [-0.15, -0.1) is 0 Å². The Morgan fingerprint density at radius 2 is 1.85 bits per heavy atom. The highest BCUT2D eigenvalue weighted by molar-refractivity contribution is 5.78. The van der Waals surface area contributed by atoms with E-state index in [0.29, 0.717) is 18.6 Å². The van der Waals surface area contributed by atoms with E-state index in [1.54, 1.807) is 6.20 Å². The van der Waals surface area contributed by atoms with Gasteiger partial charge in [0.15, 0.2) is 5.65 Å². The summed E-state index contributed by atoms with van der Waals surface area (Å²) >= 11 is 0. The van der Waals surface area contributed by atoms with Crippen molar-refractivity contribution in [1.82, 2.24) is 24.4 Å². The molecule has 0 spiro atoms. The number of nitrogens with zero attached hydrogens (tertiary/aromatic N) is 5. The predicted molar refractivity (Wildman–Crippen MR) is 132 cm³/mol. The lowest BCUT2D eigenvalue weighted by Gasteiger charge is -2.26. The molecule has 0 amide bonds. The zero-order chi connectivity index (χ0) is 22.7. The molecule has 1 N–H and O–H groups in total. The fourth-order valence-electron chi connectivity index (χ4n) is 4.33. The highest BCUT2D eigenvalue weighted by Gasteiger charge is 2.29. The van der Waals surface area contributed by atoms with Crippen LogP contribution in [0.2, 0.25) is 0 Å². The molecular weight excluding hydrogens is 428 g/mol. The molecule has 2 aromatic carbocycles. The average molecular weight is 457 g/mol. The molecule has 8 heteroatoms. The Hall–Kier alpha value is -3.49. The van der Waals surface area contributed by atoms with E-state index in [4.69, 9.17) is 19.4 Å². The first-order valence-corrected chi connectivity index (χ1v) is 11.9. The maximum absolute atomic E-state index is 5.99. The van der Waals surface area contributed by atoms with Crippen LogP contribution in [0.5, 0.6) is 5.75 Å². The first kappa shape index (κ1) is 21.1. The maximum Gasteiger partial charge on any atom is 0.229 e. The number of benzene rings is 2. The number of rotatable bonds is 8. The van der Waals surface area contributed by atoms with Crippen molar-refractivity contribution >= 4 is 22.8 Å². The Morgan fingerprint density at radius 1 is 1.00 bits per heavy atom. The summed E-state index contributed by atoms with van der Waals surface area (Å²) in [5.41, 5.74) is 3.68. The Balaban J connectivity index is 1.19. The minimum Gasteiger partial charge on any atom is -0.492 e. The fourth-order valence-corrected chi connectivity index (χ4v) is 4.33. The van der Waals surface area contributed by atoms with Gasteiger partial charge in [0, 0.05) is 43.0 Å². The van der Waals surface area contributed by atoms with Gasteiger partial charge in [-0.05, 0) is 25.0 Å². The van der Waals surface area contributed by atoms with Crippen LogP contribution < -0.4 is 10.1 Å². The smallest absolute Gasteiger partial charge is 0.229 e. The number of aromatic nitrogens is 4. The van der Waals surface area contributed by atoms with Crippen molar-refractivity contribution in [3.63, 3.8) is 0 Å². The molecule has 1 saturated carbocycles. The monoisotopic (exact) mass is 456 g/mol. The van der Waals surface area contributed by atoms with Gasteiger partial charge in [0.2, 0.25) is 5.95 Å². The second kappa shape index (κ2) is 9.40. The van der Waals surface area contributed by atoms with Gasteiger partial charge in [-0.2, -0.15) is 4.98 Å². The molecule has 0 bridgehead atoms. The third-order valence-electron chi connectivity index (χ3n) is 6.25. The van der Waals surface area contributed by atoms with Crippen LogP contribution in [0.4, 0.5) is 11.6 Å². The third kappa shape index (κ3) is 4.60. The van der Waals surface area contributed by atoms with Gasteiger partial charge in [0.05, 0.1) is 19.4 Å². The highest BCUT2D eigenvalue weighted by atomic mass is 16.5. The summed E-state index contributed by atoms with van der Waals surface area (Å²) < 4.78 is 13.7. The van der Waals surface area contributed by atoms with Gasteiger partial charge in [-0.25, -0.2) is 9.97 Å². The first-order chi connectivity index (χ1) is 16.8. The van der Waals surface area contributed by atoms with E-state index in [0.717, 1.165) is 79.7 Å². The molecule has 4 aromatic rings. The van der Waals surface area contributed by atoms with Gasteiger partial charge in [0.25, 0.3) is 0 Å². The van der Waals surface area contributed by atoms with E-state index in [2.05, 4.69) is 31.9 Å². The Kier molecular flexibility index (Phi) is 5.83. The lowest BCUT2D eigenvalue weighted by Crippen LogP contribution is -2.38. The predicted octanol–water partition coefficient (Wildman–Crippen LogP) is 4.28. The average Bonchev–Trinajstić information content (AvgIpc) is 3.65. The summed E-state index contributed by atoms with van der Waals surface area (Å²) in [5, 5.41) is 3.34. The maximum atomic E-state index is 5.99. The molecule has 1 saturated heterocycles. The molecule has 1 aliphatic heterocycles. The van der Waals surface area contributed by atoms with Gasteiger partial charge >= 0.3 is 0 Å². The van der Waals surface area contributed by atoms with Crippen LogP contribution in [-0.2, 0) is 4.74 Å². The number of hydrogen-bond donors (Lipinski definition) is 1. The van der Waals surface area contributed by atoms with E-state index in [-0.39, 0.29) is 0 Å². The van der Waals surface area contributed by atoms with Crippen LogP contribution >= 0.6 is 0 Å². The number of anilines is 2. The first-order valence-electron chi connectivity index (χ1n) is 11.9. The summed E-state index contributed by atoms with van der Waals surface area (Å²) in [7, 11) is 0. The van der Waals surface area contributed by atoms with Crippen LogP contribution in [0.25, 0.3) is 22.6 Å². The molecule has 3 heterocycles. The number of fused-ring (bicyclic) bond motifs is 1. The topological polar surface area (TPSA) is 77.3 Å². The second-order valence-corrected chi connectivity index (χ2v) is 8.76. The quantitative estimate of drug-likeness (QED) is 0.424. The summed E-state index contributed by atoms with van der Waals surface area (Å²) in [6, 6.07) is 18.7. The van der Waals surface area contributed by atoms with Gasteiger partial charge in [-0.1, -0.05) is 36.4 Å². The summed E-state index contributed by atoms with van der Waals surface area (Å²) in [5.74, 6) is 2.34. The van der Waals surface area contributed by atoms with Crippen LogP contribution in [0, 0.1) is 0 Å². The normalized spacial score (nSPS) is 16.6. The molecule has 0 radical (unpaired) electrons. The van der Waals surface area contributed by atoms with Crippen molar-refractivity contribution in [3.8, 4) is 17.1 Å². The van der Waals surface area contributed by atoms with E-state index in [9.17, 15) is 0 Å². The van der Waals surface area contributed by atoms with Crippen molar-refractivity contribution in [2.75, 3.05) is 44.8 Å². The van der Waals surface area contributed by atoms with Crippen LogP contribution in [-0.4, -0.2) is 63.9 Å². The van der Waals surface area contributed by atoms with Gasteiger partial charge in [0.1, 0.15) is 23.7 Å². The number of nitrogens with one attached hydrogen (secondary N) is 1. The third-order valence-corrected chi connectivity index (χ3v) is 6.25. The molecule has 34 heavy (non-hydrogen) atoms. The molecule has 6 rings (SSSR count). The molecule has 2 fully saturated rings. The zero-order valence-electron chi connectivity index (χ0n) is 19.1. The molecule has 1 aliphatic carbocycles. The Bertz CT molecular complexity index is 1270. The standard InChI is InChI=1S/C26H28N6O2/c1-2-5-19(6-3-1)24-29-23-18-27-26(30-25(23)32(24)21-9-10-21)28-20-7-4-8-22(17-20)34-16-13-31-11-14-33-15-12-31/h1-8,17-18,21H,9-16H2,(H,27,28,30). The minimum atomic E-state index is 0.450. The SMILES string of the molecule is c1ccc(-c2nc3cnc(Nc4cccc(OCCN5CCOCC5)c4)nc3n2C2CC2)cc1. The summed E-state index contributed by atoms with van der Waals surface area (Å²) in [6.45, 7) is 5.08. The minimum absolute atomic E-state index is 0.450.